The van der Waals surface area contributed by atoms with Gasteiger partial charge in [0.25, 0.3) is 0 Å². The number of carbonyl (C=O) groups is 1. The van der Waals surface area contributed by atoms with Crippen molar-refractivity contribution >= 4 is 27.7 Å². The molecule has 1 amide bonds. The molecule has 2 N–H and O–H groups in total. The largest absolute Gasteiger partial charge is 0.444 e. The predicted octanol–water partition coefficient (Wildman–Crippen LogP) is 5.01. The van der Waals surface area contributed by atoms with Crippen LogP contribution in [-0.2, 0) is 4.74 Å². The van der Waals surface area contributed by atoms with Crippen LogP contribution >= 0.6 is 15.9 Å². The molecule has 0 bridgehead atoms. The summed E-state index contributed by atoms with van der Waals surface area (Å²) in [5.74, 6) is 0. The quantitative estimate of drug-likeness (QED) is 0.772. The van der Waals surface area contributed by atoms with Crippen LogP contribution in [0, 0.1) is 6.92 Å². The van der Waals surface area contributed by atoms with Crippen molar-refractivity contribution in [1.82, 2.24) is 5.32 Å². The van der Waals surface area contributed by atoms with E-state index in [0.29, 0.717) is 6.04 Å². The highest BCUT2D eigenvalue weighted by atomic mass is 79.9. The minimum atomic E-state index is -0.454. The summed E-state index contributed by atoms with van der Waals surface area (Å²) in [5, 5.41) is 6.60. The maximum Gasteiger partial charge on any atom is 0.407 e. The molecule has 1 aromatic carbocycles. The second kappa shape index (κ2) is 7.56. The van der Waals surface area contributed by atoms with Crippen LogP contribution in [0.5, 0.6) is 0 Å². The summed E-state index contributed by atoms with van der Waals surface area (Å²) < 4.78 is 6.43. The van der Waals surface area contributed by atoms with E-state index in [1.807, 2.05) is 20.8 Å². The molecule has 1 saturated carbocycles. The topological polar surface area (TPSA) is 50.4 Å². The van der Waals surface area contributed by atoms with Crippen molar-refractivity contribution in [3.63, 3.8) is 0 Å². The molecule has 23 heavy (non-hydrogen) atoms. The van der Waals surface area contributed by atoms with Gasteiger partial charge in [0.15, 0.2) is 0 Å². The SMILES string of the molecule is Cc1cc(Br)cc(NC2CCCC(NC(=O)OC(C)(C)C)C2)c1. The third-order valence-electron chi connectivity index (χ3n) is 3.81. The van der Waals surface area contributed by atoms with Gasteiger partial charge in [-0.2, -0.15) is 0 Å². The van der Waals surface area contributed by atoms with E-state index in [2.05, 4.69) is 51.7 Å². The lowest BCUT2D eigenvalue weighted by atomic mass is 9.91. The molecule has 0 aromatic heterocycles. The fourth-order valence-electron chi connectivity index (χ4n) is 2.98. The lowest BCUT2D eigenvalue weighted by Gasteiger charge is -2.31. The Balaban J connectivity index is 1.89. The lowest BCUT2D eigenvalue weighted by Crippen LogP contribution is -2.43. The molecule has 1 fully saturated rings. The van der Waals surface area contributed by atoms with Gasteiger partial charge in [0, 0.05) is 22.2 Å². The fourth-order valence-corrected chi connectivity index (χ4v) is 3.59. The number of carbonyl (C=O) groups excluding carboxylic acids is 1. The number of benzene rings is 1. The van der Waals surface area contributed by atoms with E-state index in [9.17, 15) is 4.79 Å². The second-order valence-electron chi connectivity index (χ2n) is 7.37. The van der Waals surface area contributed by atoms with Crippen LogP contribution in [0.4, 0.5) is 10.5 Å². The molecule has 1 aliphatic carbocycles. The standard InChI is InChI=1S/C18H27BrN2O2/c1-12-8-13(19)10-16(9-12)20-14-6-5-7-15(11-14)21-17(22)23-18(2,3)4/h8-10,14-15,20H,5-7,11H2,1-4H3,(H,21,22). The zero-order valence-corrected chi connectivity index (χ0v) is 16.0. The molecular formula is C18H27BrN2O2. The van der Waals surface area contributed by atoms with Crippen molar-refractivity contribution in [2.24, 2.45) is 0 Å². The maximum atomic E-state index is 11.9. The Morgan fingerprint density at radius 1 is 1.22 bits per heavy atom. The highest BCUT2D eigenvalue weighted by Crippen LogP contribution is 2.25. The number of amides is 1. The van der Waals surface area contributed by atoms with Crippen molar-refractivity contribution in [3.05, 3.63) is 28.2 Å². The van der Waals surface area contributed by atoms with Gasteiger partial charge in [-0.1, -0.05) is 15.9 Å². The van der Waals surface area contributed by atoms with Crippen LogP contribution in [0.15, 0.2) is 22.7 Å². The van der Waals surface area contributed by atoms with Gasteiger partial charge in [-0.05, 0) is 77.1 Å². The minimum Gasteiger partial charge on any atom is -0.444 e. The molecule has 0 aliphatic heterocycles. The van der Waals surface area contributed by atoms with E-state index in [1.54, 1.807) is 0 Å². The van der Waals surface area contributed by atoms with Crippen LogP contribution in [0.1, 0.15) is 52.0 Å². The average molecular weight is 383 g/mol. The molecule has 4 nitrogen and oxygen atoms in total. The number of hydrogen-bond acceptors (Lipinski definition) is 3. The lowest BCUT2D eigenvalue weighted by molar-refractivity contribution is 0.0492. The zero-order chi connectivity index (χ0) is 17.0. The van der Waals surface area contributed by atoms with E-state index in [1.165, 1.54) is 5.56 Å². The van der Waals surface area contributed by atoms with E-state index in [0.717, 1.165) is 35.8 Å². The highest BCUT2D eigenvalue weighted by molar-refractivity contribution is 9.10. The number of anilines is 1. The maximum absolute atomic E-state index is 11.9. The third kappa shape index (κ3) is 6.42. The smallest absolute Gasteiger partial charge is 0.407 e. The summed E-state index contributed by atoms with van der Waals surface area (Å²) >= 11 is 3.54. The minimum absolute atomic E-state index is 0.171. The number of nitrogens with one attached hydrogen (secondary N) is 2. The van der Waals surface area contributed by atoms with Gasteiger partial charge in [-0.3, -0.25) is 0 Å². The van der Waals surface area contributed by atoms with Gasteiger partial charge in [0.1, 0.15) is 5.60 Å². The molecule has 5 heteroatoms. The number of ether oxygens (including phenoxy) is 1. The molecule has 1 aromatic rings. The Kier molecular flexibility index (Phi) is 5.95. The Bertz CT molecular complexity index is 534. The zero-order valence-electron chi connectivity index (χ0n) is 14.4. The molecule has 2 atom stereocenters. The average Bonchev–Trinajstić information content (AvgIpc) is 2.35. The highest BCUT2D eigenvalue weighted by Gasteiger charge is 2.25. The summed E-state index contributed by atoms with van der Waals surface area (Å²) in [6.45, 7) is 7.73. The van der Waals surface area contributed by atoms with Gasteiger partial charge in [0.2, 0.25) is 0 Å². The first-order valence-corrected chi connectivity index (χ1v) is 9.04. The van der Waals surface area contributed by atoms with E-state index in [-0.39, 0.29) is 12.1 Å². The molecule has 2 rings (SSSR count). The summed E-state index contributed by atoms with van der Waals surface area (Å²) in [4.78, 5) is 11.9. The van der Waals surface area contributed by atoms with Crippen molar-refractivity contribution in [1.29, 1.82) is 0 Å². The predicted molar refractivity (Wildman–Crippen MR) is 97.9 cm³/mol. The van der Waals surface area contributed by atoms with Gasteiger partial charge in [-0.25, -0.2) is 4.79 Å². The number of hydrogen-bond donors (Lipinski definition) is 2. The monoisotopic (exact) mass is 382 g/mol. The molecular weight excluding hydrogens is 356 g/mol. The van der Waals surface area contributed by atoms with Crippen LogP contribution in [0.3, 0.4) is 0 Å². The first-order valence-electron chi connectivity index (χ1n) is 8.24. The number of halogens is 1. The Hall–Kier alpha value is -1.23. The number of rotatable bonds is 3. The molecule has 128 valence electrons. The molecule has 0 heterocycles. The van der Waals surface area contributed by atoms with Gasteiger partial charge in [0.05, 0.1) is 0 Å². The van der Waals surface area contributed by atoms with E-state index >= 15 is 0 Å². The van der Waals surface area contributed by atoms with E-state index in [4.69, 9.17) is 4.74 Å². The van der Waals surface area contributed by atoms with Crippen LogP contribution in [0.25, 0.3) is 0 Å². The molecule has 0 radical (unpaired) electrons. The summed E-state index contributed by atoms with van der Waals surface area (Å²) in [6.07, 6.45) is 3.84. The van der Waals surface area contributed by atoms with Gasteiger partial charge in [-0.15, -0.1) is 0 Å². The van der Waals surface area contributed by atoms with Crippen LogP contribution in [0.2, 0.25) is 0 Å². The Morgan fingerprint density at radius 3 is 2.57 bits per heavy atom. The van der Waals surface area contributed by atoms with Crippen LogP contribution < -0.4 is 10.6 Å². The number of alkyl carbamates (subject to hydrolysis) is 1. The van der Waals surface area contributed by atoms with E-state index < -0.39 is 5.60 Å². The Morgan fingerprint density at radius 2 is 1.91 bits per heavy atom. The molecule has 1 aliphatic rings. The van der Waals surface area contributed by atoms with Crippen molar-refractivity contribution in [2.45, 2.75) is 71.1 Å². The Labute approximate surface area is 147 Å². The fraction of sp³-hybridized carbons (Fsp3) is 0.611. The third-order valence-corrected chi connectivity index (χ3v) is 4.27. The molecule has 0 saturated heterocycles. The first-order chi connectivity index (χ1) is 10.7. The first kappa shape index (κ1) is 18.1. The summed E-state index contributed by atoms with van der Waals surface area (Å²) in [7, 11) is 0. The molecule has 2 unspecified atom stereocenters. The van der Waals surface area contributed by atoms with Crippen molar-refractivity contribution in [3.8, 4) is 0 Å². The summed E-state index contributed by atoms with van der Waals surface area (Å²) in [5.41, 5.74) is 1.89. The second-order valence-corrected chi connectivity index (χ2v) is 8.28. The van der Waals surface area contributed by atoms with Crippen molar-refractivity contribution < 1.29 is 9.53 Å². The van der Waals surface area contributed by atoms with Gasteiger partial charge >= 0.3 is 6.09 Å². The van der Waals surface area contributed by atoms with Crippen LogP contribution in [-0.4, -0.2) is 23.8 Å². The number of aryl methyl sites for hydroxylation is 1. The molecule has 0 spiro atoms. The normalized spacial score (nSPS) is 21.6. The van der Waals surface area contributed by atoms with Crippen molar-refractivity contribution in [2.75, 3.05) is 5.32 Å². The van der Waals surface area contributed by atoms with Gasteiger partial charge < -0.3 is 15.4 Å². The summed E-state index contributed by atoms with van der Waals surface area (Å²) in [6, 6.07) is 6.88.